The summed E-state index contributed by atoms with van der Waals surface area (Å²) in [7, 11) is 1.62. The van der Waals surface area contributed by atoms with Crippen molar-refractivity contribution in [2.24, 2.45) is 11.5 Å². The van der Waals surface area contributed by atoms with Gasteiger partial charge < -0.3 is 31.6 Å². The van der Waals surface area contributed by atoms with Crippen LogP contribution in [0.25, 0.3) is 10.9 Å². The number of hydrogen-bond donors (Lipinski definition) is 4. The van der Waals surface area contributed by atoms with Gasteiger partial charge in [0, 0.05) is 41.5 Å². The number of pyridine rings is 1. The molecule has 2 aromatic carbocycles. The molecule has 0 radical (unpaired) electrons. The number of aromatic nitrogens is 1. The molecule has 35 heavy (non-hydrogen) atoms. The smallest absolute Gasteiger partial charge is 0.221 e. The van der Waals surface area contributed by atoms with Gasteiger partial charge in [-0.3, -0.25) is 9.78 Å². The third-order valence-electron chi connectivity index (χ3n) is 6.29. The van der Waals surface area contributed by atoms with E-state index in [-0.39, 0.29) is 6.42 Å². The van der Waals surface area contributed by atoms with Crippen LogP contribution in [0.1, 0.15) is 42.9 Å². The highest BCUT2D eigenvalue weighted by Crippen LogP contribution is 2.38. The largest absolute Gasteiger partial charge is 0.493 e. The third-order valence-corrected chi connectivity index (χ3v) is 6.29. The second kappa shape index (κ2) is 11.4. The van der Waals surface area contributed by atoms with E-state index >= 15 is 0 Å². The first-order valence-electron chi connectivity index (χ1n) is 12.3. The molecule has 1 amide bonds. The highest BCUT2D eigenvalue weighted by atomic mass is 16.5. The maximum atomic E-state index is 11.9. The molecule has 0 saturated heterocycles. The van der Waals surface area contributed by atoms with Crippen molar-refractivity contribution in [3.63, 3.8) is 0 Å². The number of primary amides is 1. The summed E-state index contributed by atoms with van der Waals surface area (Å²) >= 11 is 0. The number of methoxy groups -OCH3 is 1. The molecule has 0 bridgehead atoms. The third kappa shape index (κ3) is 6.01. The predicted molar refractivity (Wildman–Crippen MR) is 139 cm³/mol. The molecule has 4 rings (SSSR count). The number of anilines is 2. The fourth-order valence-corrected chi connectivity index (χ4v) is 4.33. The van der Waals surface area contributed by atoms with Crippen molar-refractivity contribution in [1.29, 1.82) is 0 Å². The lowest BCUT2D eigenvalue weighted by Crippen LogP contribution is -2.19. The van der Waals surface area contributed by atoms with Crippen LogP contribution in [0.15, 0.2) is 36.5 Å². The zero-order valence-electron chi connectivity index (χ0n) is 20.5. The molecule has 186 valence electrons. The van der Waals surface area contributed by atoms with Crippen LogP contribution in [0.3, 0.4) is 0 Å². The number of nitrogens with zero attached hydrogens (tertiary/aromatic N) is 1. The molecule has 6 N–H and O–H groups in total. The minimum absolute atomic E-state index is 0.0678. The standard InChI is InChI=1S/C27H35N5O3/c1-3-20-17(15-28)6-4-7-22(20)32-27-18(12-26(29)33)16-31-23-14-24(34-2)25(13-21(23)27)35-11-5-10-30-19-8-9-19/h4,6-7,13-14,16,19,30H,3,5,8-12,15,28H2,1-2H3,(H2,29,33)(H,31,32). The Bertz CT molecular complexity index is 1190. The molecule has 1 aliphatic carbocycles. The maximum absolute atomic E-state index is 11.9. The van der Waals surface area contributed by atoms with Gasteiger partial charge in [-0.05, 0) is 55.5 Å². The van der Waals surface area contributed by atoms with E-state index in [0.29, 0.717) is 30.7 Å². The molecule has 3 aromatic rings. The Morgan fingerprint density at radius 2 is 2.03 bits per heavy atom. The molecule has 8 heteroatoms. The van der Waals surface area contributed by atoms with Gasteiger partial charge in [0.25, 0.3) is 0 Å². The summed E-state index contributed by atoms with van der Waals surface area (Å²) < 4.78 is 11.7. The van der Waals surface area contributed by atoms with E-state index in [4.69, 9.17) is 20.9 Å². The van der Waals surface area contributed by atoms with Crippen LogP contribution < -0.4 is 31.6 Å². The minimum Gasteiger partial charge on any atom is -0.493 e. The Labute approximate surface area is 206 Å². The number of carbonyl (C=O) groups is 1. The van der Waals surface area contributed by atoms with Crippen molar-refractivity contribution < 1.29 is 14.3 Å². The van der Waals surface area contributed by atoms with Gasteiger partial charge in [-0.15, -0.1) is 0 Å². The first-order valence-corrected chi connectivity index (χ1v) is 12.3. The fraction of sp³-hybridized carbons (Fsp3) is 0.407. The average Bonchev–Trinajstić information content (AvgIpc) is 3.68. The van der Waals surface area contributed by atoms with Crippen LogP contribution in [-0.4, -0.2) is 37.2 Å². The highest BCUT2D eigenvalue weighted by molar-refractivity contribution is 5.98. The number of carbonyl (C=O) groups excluding carboxylic acids is 1. The molecular formula is C27H35N5O3. The van der Waals surface area contributed by atoms with E-state index in [9.17, 15) is 4.79 Å². The van der Waals surface area contributed by atoms with E-state index in [0.717, 1.165) is 58.4 Å². The lowest BCUT2D eigenvalue weighted by molar-refractivity contribution is -0.117. The van der Waals surface area contributed by atoms with Gasteiger partial charge in [-0.2, -0.15) is 0 Å². The Morgan fingerprint density at radius 3 is 2.71 bits per heavy atom. The van der Waals surface area contributed by atoms with Crippen molar-refractivity contribution in [1.82, 2.24) is 10.3 Å². The van der Waals surface area contributed by atoms with Gasteiger partial charge in [0.05, 0.1) is 31.3 Å². The molecule has 1 aromatic heterocycles. The van der Waals surface area contributed by atoms with Crippen LogP contribution in [0.5, 0.6) is 11.5 Å². The number of hydrogen-bond acceptors (Lipinski definition) is 7. The average molecular weight is 478 g/mol. The van der Waals surface area contributed by atoms with Crippen LogP contribution in [0, 0.1) is 0 Å². The van der Waals surface area contributed by atoms with Gasteiger partial charge in [-0.25, -0.2) is 0 Å². The minimum atomic E-state index is -0.422. The molecule has 1 fully saturated rings. The quantitative estimate of drug-likeness (QED) is 0.277. The molecule has 0 aliphatic heterocycles. The van der Waals surface area contributed by atoms with Crippen molar-refractivity contribution in [3.05, 3.63) is 53.2 Å². The number of ether oxygens (including phenoxy) is 2. The summed E-state index contributed by atoms with van der Waals surface area (Å²) in [5.74, 6) is 0.834. The Hall–Kier alpha value is -3.36. The summed E-state index contributed by atoms with van der Waals surface area (Å²) in [6.07, 6.45) is 6.01. The zero-order valence-corrected chi connectivity index (χ0v) is 20.5. The molecule has 0 spiro atoms. The van der Waals surface area contributed by atoms with Crippen LogP contribution in [0.2, 0.25) is 0 Å². The van der Waals surface area contributed by atoms with Crippen molar-refractivity contribution >= 4 is 28.2 Å². The molecule has 0 unspecified atom stereocenters. The predicted octanol–water partition coefficient (Wildman–Crippen LogP) is 3.56. The van der Waals surface area contributed by atoms with E-state index < -0.39 is 5.91 Å². The molecule has 1 aliphatic rings. The van der Waals surface area contributed by atoms with E-state index in [1.165, 1.54) is 12.8 Å². The molecule has 1 saturated carbocycles. The van der Waals surface area contributed by atoms with Gasteiger partial charge in [-0.1, -0.05) is 19.1 Å². The Kier molecular flexibility index (Phi) is 8.05. The summed E-state index contributed by atoms with van der Waals surface area (Å²) in [4.78, 5) is 16.4. The van der Waals surface area contributed by atoms with Crippen molar-refractivity contribution in [2.45, 2.75) is 51.6 Å². The monoisotopic (exact) mass is 477 g/mol. The molecule has 1 heterocycles. The second-order valence-corrected chi connectivity index (χ2v) is 8.88. The topological polar surface area (TPSA) is 125 Å². The van der Waals surface area contributed by atoms with Crippen LogP contribution in [0.4, 0.5) is 11.4 Å². The maximum Gasteiger partial charge on any atom is 0.221 e. The number of benzene rings is 2. The SMILES string of the molecule is CCc1c(CN)cccc1Nc1c(CC(N)=O)cnc2cc(OC)c(OCCCNC3CC3)cc12. The van der Waals surface area contributed by atoms with Gasteiger partial charge in [0.2, 0.25) is 5.91 Å². The zero-order chi connectivity index (χ0) is 24.8. The summed E-state index contributed by atoms with van der Waals surface area (Å²) in [5.41, 5.74) is 16.9. The first-order chi connectivity index (χ1) is 17.0. The second-order valence-electron chi connectivity index (χ2n) is 8.88. The molecular weight excluding hydrogens is 442 g/mol. The number of nitrogens with two attached hydrogens (primary N) is 2. The lowest BCUT2D eigenvalue weighted by Gasteiger charge is -2.19. The van der Waals surface area contributed by atoms with E-state index in [2.05, 4.69) is 22.5 Å². The summed E-state index contributed by atoms with van der Waals surface area (Å²) in [6, 6.07) is 10.5. The summed E-state index contributed by atoms with van der Waals surface area (Å²) in [5, 5.41) is 7.89. The molecule has 0 atom stereocenters. The first kappa shape index (κ1) is 24.8. The normalized spacial score (nSPS) is 13.1. The number of amides is 1. The van der Waals surface area contributed by atoms with Crippen molar-refractivity contribution in [3.8, 4) is 11.5 Å². The number of nitrogens with one attached hydrogen (secondary N) is 2. The van der Waals surface area contributed by atoms with E-state index in [1.807, 2.05) is 30.3 Å². The Balaban J connectivity index is 1.71. The Morgan fingerprint density at radius 1 is 1.20 bits per heavy atom. The number of fused-ring (bicyclic) bond motifs is 1. The van der Waals surface area contributed by atoms with Crippen LogP contribution >= 0.6 is 0 Å². The number of rotatable bonds is 13. The van der Waals surface area contributed by atoms with Gasteiger partial charge >= 0.3 is 0 Å². The highest BCUT2D eigenvalue weighted by Gasteiger charge is 2.20. The van der Waals surface area contributed by atoms with Crippen LogP contribution in [-0.2, 0) is 24.2 Å². The van der Waals surface area contributed by atoms with Gasteiger partial charge in [0.1, 0.15) is 0 Å². The lowest BCUT2D eigenvalue weighted by atomic mass is 10.0. The van der Waals surface area contributed by atoms with Gasteiger partial charge in [0.15, 0.2) is 11.5 Å². The fourth-order valence-electron chi connectivity index (χ4n) is 4.33. The summed E-state index contributed by atoms with van der Waals surface area (Å²) in [6.45, 7) is 4.05. The molecule has 8 nitrogen and oxygen atoms in total. The van der Waals surface area contributed by atoms with E-state index in [1.54, 1.807) is 13.3 Å². The van der Waals surface area contributed by atoms with Crippen molar-refractivity contribution in [2.75, 3.05) is 25.6 Å².